The zero-order valence-corrected chi connectivity index (χ0v) is 14.6. The number of benzene rings is 1. The first-order valence-electron chi connectivity index (χ1n) is 8.25. The smallest absolute Gasteiger partial charge is 0.234 e. The Balaban J connectivity index is 0.00000208. The van der Waals surface area contributed by atoms with Crippen LogP contribution in [0.5, 0.6) is 0 Å². The number of hydrogen-bond donors (Lipinski definition) is 2. The van der Waals surface area contributed by atoms with E-state index < -0.39 is 0 Å². The van der Waals surface area contributed by atoms with Crippen LogP contribution in [0.1, 0.15) is 5.56 Å². The molecule has 7 heteroatoms. The molecule has 2 amide bonds. The second-order valence-corrected chi connectivity index (χ2v) is 6.22. The Kier molecular flexibility index (Phi) is 7.02. The number of amides is 2. The summed E-state index contributed by atoms with van der Waals surface area (Å²) in [5, 5.41) is 6.08. The largest absolute Gasteiger partial charge is 0.351 e. The molecule has 132 valence electrons. The van der Waals surface area contributed by atoms with Crippen molar-refractivity contribution in [1.82, 2.24) is 20.4 Å². The summed E-state index contributed by atoms with van der Waals surface area (Å²) >= 11 is 0. The van der Waals surface area contributed by atoms with Gasteiger partial charge in [-0.1, -0.05) is 30.3 Å². The standard InChI is InChI=1S/C17H24N4O2.ClH/c22-16(19-10-14-4-2-1-3-5-14)13-20-6-8-21(9-7-20)17(23)15-11-18-12-15;/h1-5,15,18H,6-13H2,(H,19,22);1H. The molecule has 0 spiro atoms. The van der Waals surface area contributed by atoms with Crippen molar-refractivity contribution >= 4 is 24.2 Å². The molecular weight excluding hydrogens is 328 g/mol. The molecule has 2 aliphatic heterocycles. The third-order valence-electron chi connectivity index (χ3n) is 4.51. The van der Waals surface area contributed by atoms with Crippen LogP contribution < -0.4 is 10.6 Å². The molecule has 24 heavy (non-hydrogen) atoms. The van der Waals surface area contributed by atoms with Crippen LogP contribution in [0.25, 0.3) is 0 Å². The fraction of sp³-hybridized carbons (Fsp3) is 0.529. The Morgan fingerprint density at radius 3 is 2.33 bits per heavy atom. The SMILES string of the molecule is Cl.O=C(CN1CCN(C(=O)C2CNC2)CC1)NCc1ccccc1. The fourth-order valence-corrected chi connectivity index (χ4v) is 2.90. The normalized spacial score (nSPS) is 18.4. The lowest BCUT2D eigenvalue weighted by Crippen LogP contribution is -2.57. The van der Waals surface area contributed by atoms with E-state index in [1.165, 1.54) is 0 Å². The van der Waals surface area contributed by atoms with Crippen LogP contribution in [0.4, 0.5) is 0 Å². The van der Waals surface area contributed by atoms with Crippen molar-refractivity contribution in [3.63, 3.8) is 0 Å². The van der Waals surface area contributed by atoms with Gasteiger partial charge in [0.15, 0.2) is 0 Å². The minimum absolute atomic E-state index is 0. The molecule has 2 saturated heterocycles. The molecule has 1 aromatic rings. The number of halogens is 1. The highest BCUT2D eigenvalue weighted by atomic mass is 35.5. The first-order chi connectivity index (χ1) is 11.2. The molecule has 0 bridgehead atoms. The van der Waals surface area contributed by atoms with Crippen molar-refractivity contribution in [3.05, 3.63) is 35.9 Å². The second-order valence-electron chi connectivity index (χ2n) is 6.22. The van der Waals surface area contributed by atoms with Gasteiger partial charge in [-0.25, -0.2) is 0 Å². The molecule has 2 aliphatic rings. The summed E-state index contributed by atoms with van der Waals surface area (Å²) in [6, 6.07) is 9.90. The predicted octanol–water partition coefficient (Wildman–Crippen LogP) is 0.0882. The quantitative estimate of drug-likeness (QED) is 0.788. The maximum Gasteiger partial charge on any atom is 0.234 e. The first-order valence-corrected chi connectivity index (χ1v) is 8.25. The van der Waals surface area contributed by atoms with Crippen LogP contribution in [0.15, 0.2) is 30.3 Å². The van der Waals surface area contributed by atoms with E-state index in [0.29, 0.717) is 13.1 Å². The van der Waals surface area contributed by atoms with Gasteiger partial charge in [-0.15, -0.1) is 12.4 Å². The third kappa shape index (κ3) is 4.93. The highest BCUT2D eigenvalue weighted by Gasteiger charge is 2.31. The summed E-state index contributed by atoms with van der Waals surface area (Å²) in [6.07, 6.45) is 0. The van der Waals surface area contributed by atoms with Gasteiger partial charge in [0.2, 0.25) is 11.8 Å². The average molecular weight is 353 g/mol. The van der Waals surface area contributed by atoms with Gasteiger partial charge < -0.3 is 15.5 Å². The Labute approximate surface area is 149 Å². The lowest BCUT2D eigenvalue weighted by molar-refractivity contribution is -0.139. The number of piperazine rings is 1. The molecule has 3 rings (SSSR count). The van der Waals surface area contributed by atoms with Gasteiger partial charge >= 0.3 is 0 Å². The number of nitrogens with one attached hydrogen (secondary N) is 2. The molecule has 0 radical (unpaired) electrons. The highest BCUT2D eigenvalue weighted by Crippen LogP contribution is 2.11. The molecule has 0 unspecified atom stereocenters. The molecule has 0 saturated carbocycles. The van der Waals surface area contributed by atoms with Crippen molar-refractivity contribution in [2.24, 2.45) is 5.92 Å². The van der Waals surface area contributed by atoms with Gasteiger partial charge in [-0.05, 0) is 5.56 Å². The first kappa shape index (κ1) is 18.7. The average Bonchev–Trinajstić information content (AvgIpc) is 2.53. The number of nitrogens with zero attached hydrogens (tertiary/aromatic N) is 2. The third-order valence-corrected chi connectivity index (χ3v) is 4.51. The summed E-state index contributed by atoms with van der Waals surface area (Å²) in [7, 11) is 0. The van der Waals surface area contributed by atoms with Crippen LogP contribution in [0, 0.1) is 5.92 Å². The highest BCUT2D eigenvalue weighted by molar-refractivity contribution is 5.85. The Hall–Kier alpha value is -1.63. The van der Waals surface area contributed by atoms with E-state index in [2.05, 4.69) is 15.5 Å². The van der Waals surface area contributed by atoms with Crippen LogP contribution in [-0.4, -0.2) is 67.4 Å². The van der Waals surface area contributed by atoms with Crippen LogP contribution in [-0.2, 0) is 16.1 Å². The molecule has 0 aliphatic carbocycles. The van der Waals surface area contributed by atoms with Gasteiger partial charge in [-0.3, -0.25) is 14.5 Å². The summed E-state index contributed by atoms with van der Waals surface area (Å²) in [5.74, 6) is 0.462. The Bertz CT molecular complexity index is 543. The fourth-order valence-electron chi connectivity index (χ4n) is 2.90. The zero-order chi connectivity index (χ0) is 16.1. The Morgan fingerprint density at radius 1 is 1.08 bits per heavy atom. The summed E-state index contributed by atoms with van der Waals surface area (Å²) in [4.78, 5) is 28.2. The predicted molar refractivity (Wildman–Crippen MR) is 94.9 cm³/mol. The monoisotopic (exact) mass is 352 g/mol. The Morgan fingerprint density at radius 2 is 1.75 bits per heavy atom. The van der Waals surface area contributed by atoms with Gasteiger partial charge in [0.05, 0.1) is 12.5 Å². The van der Waals surface area contributed by atoms with Crippen LogP contribution >= 0.6 is 12.4 Å². The lowest BCUT2D eigenvalue weighted by atomic mass is 10.0. The summed E-state index contributed by atoms with van der Waals surface area (Å²) in [5.41, 5.74) is 1.10. The van der Waals surface area contributed by atoms with Crippen LogP contribution in [0.2, 0.25) is 0 Å². The number of carbonyl (C=O) groups excluding carboxylic acids is 2. The molecule has 2 N–H and O–H groups in total. The maximum atomic E-state index is 12.2. The lowest BCUT2D eigenvalue weighted by Gasteiger charge is -2.38. The molecule has 6 nitrogen and oxygen atoms in total. The molecule has 2 heterocycles. The van der Waals surface area contributed by atoms with Gasteiger partial charge in [0.1, 0.15) is 0 Å². The van der Waals surface area contributed by atoms with E-state index in [9.17, 15) is 9.59 Å². The van der Waals surface area contributed by atoms with Crippen molar-refractivity contribution in [2.45, 2.75) is 6.54 Å². The van der Waals surface area contributed by atoms with Crippen molar-refractivity contribution in [1.29, 1.82) is 0 Å². The second kappa shape index (κ2) is 9.01. The topological polar surface area (TPSA) is 64.7 Å². The minimum Gasteiger partial charge on any atom is -0.351 e. The summed E-state index contributed by atoms with van der Waals surface area (Å²) < 4.78 is 0. The van der Waals surface area contributed by atoms with Crippen LogP contribution in [0.3, 0.4) is 0 Å². The molecular formula is C17H25ClN4O2. The summed E-state index contributed by atoms with van der Waals surface area (Å²) in [6.45, 7) is 5.56. The number of rotatable bonds is 5. The van der Waals surface area contributed by atoms with Gasteiger partial charge in [0, 0.05) is 45.8 Å². The molecule has 1 aromatic carbocycles. The number of hydrogen-bond acceptors (Lipinski definition) is 4. The van der Waals surface area contributed by atoms with E-state index in [4.69, 9.17) is 0 Å². The molecule has 0 atom stereocenters. The minimum atomic E-state index is 0. The van der Waals surface area contributed by atoms with E-state index in [-0.39, 0.29) is 30.1 Å². The van der Waals surface area contributed by atoms with Crippen molar-refractivity contribution < 1.29 is 9.59 Å². The zero-order valence-electron chi connectivity index (χ0n) is 13.7. The van der Waals surface area contributed by atoms with Gasteiger partial charge in [0.25, 0.3) is 0 Å². The van der Waals surface area contributed by atoms with E-state index in [1.807, 2.05) is 35.2 Å². The van der Waals surface area contributed by atoms with Gasteiger partial charge in [-0.2, -0.15) is 0 Å². The maximum absolute atomic E-state index is 12.2. The van der Waals surface area contributed by atoms with E-state index >= 15 is 0 Å². The van der Waals surface area contributed by atoms with E-state index in [0.717, 1.165) is 44.8 Å². The van der Waals surface area contributed by atoms with Crippen molar-refractivity contribution in [2.75, 3.05) is 45.8 Å². The van der Waals surface area contributed by atoms with Crippen molar-refractivity contribution in [3.8, 4) is 0 Å². The number of carbonyl (C=O) groups is 2. The van der Waals surface area contributed by atoms with E-state index in [1.54, 1.807) is 0 Å². The molecule has 0 aromatic heterocycles. The molecule has 2 fully saturated rings.